The summed E-state index contributed by atoms with van der Waals surface area (Å²) in [5.41, 5.74) is 3.94. The van der Waals surface area contributed by atoms with Crippen molar-refractivity contribution in [2.45, 2.75) is 33.6 Å². The Balaban J connectivity index is 1.71. The topological polar surface area (TPSA) is 68.5 Å². The number of ether oxygens (including phenoxy) is 1. The number of nitrogens with one attached hydrogen (secondary N) is 1. The van der Waals surface area contributed by atoms with E-state index in [2.05, 4.69) is 5.32 Å². The third-order valence-electron chi connectivity index (χ3n) is 4.70. The van der Waals surface area contributed by atoms with Crippen LogP contribution in [-0.4, -0.2) is 18.5 Å². The fourth-order valence-corrected chi connectivity index (χ4v) is 3.39. The molecule has 5 nitrogen and oxygen atoms in total. The minimum Gasteiger partial charge on any atom is -0.450 e. The maximum absolute atomic E-state index is 12.4. The molecular formula is C22H22ClNO4. The van der Waals surface area contributed by atoms with Crippen molar-refractivity contribution in [3.63, 3.8) is 0 Å². The van der Waals surface area contributed by atoms with E-state index in [1.165, 1.54) is 0 Å². The molecule has 1 aromatic heterocycles. The average Bonchev–Trinajstić information content (AvgIpc) is 3.04. The maximum atomic E-state index is 12.4. The molecule has 0 unspecified atom stereocenters. The number of hydrogen-bond acceptors (Lipinski definition) is 4. The molecule has 28 heavy (non-hydrogen) atoms. The molecule has 3 rings (SSSR count). The van der Waals surface area contributed by atoms with Crippen LogP contribution in [0.4, 0.5) is 5.69 Å². The molecule has 6 heteroatoms. The number of hydrogen-bond donors (Lipinski definition) is 1. The Labute approximate surface area is 168 Å². The number of esters is 1. The van der Waals surface area contributed by atoms with E-state index in [9.17, 15) is 9.59 Å². The molecule has 1 heterocycles. The van der Waals surface area contributed by atoms with Gasteiger partial charge in [0.15, 0.2) is 12.2 Å². The van der Waals surface area contributed by atoms with Gasteiger partial charge >= 0.3 is 5.97 Å². The molecule has 0 fully saturated rings. The van der Waals surface area contributed by atoms with Crippen LogP contribution in [0.3, 0.4) is 0 Å². The van der Waals surface area contributed by atoms with Crippen molar-refractivity contribution in [1.82, 2.24) is 0 Å². The standard InChI is InChI=1S/C22H22ClNO4/c1-4-14-8-6-9-15(5-2)19(14)24-18(25)12-27-22(26)20-13(3)16-10-7-11-17(23)21(16)28-20/h6-11H,4-5,12H2,1-3H3,(H,24,25). The van der Waals surface area contributed by atoms with E-state index in [1.807, 2.05) is 38.1 Å². The zero-order valence-corrected chi connectivity index (χ0v) is 16.9. The Morgan fingerprint density at radius 2 is 1.71 bits per heavy atom. The number of anilines is 1. The summed E-state index contributed by atoms with van der Waals surface area (Å²) < 4.78 is 10.7. The van der Waals surface area contributed by atoms with Gasteiger partial charge in [-0.15, -0.1) is 0 Å². The molecule has 0 atom stereocenters. The van der Waals surface area contributed by atoms with Crippen molar-refractivity contribution in [3.05, 3.63) is 63.9 Å². The zero-order valence-electron chi connectivity index (χ0n) is 16.1. The number of amides is 1. The van der Waals surface area contributed by atoms with Crippen molar-refractivity contribution in [1.29, 1.82) is 0 Å². The highest BCUT2D eigenvalue weighted by atomic mass is 35.5. The molecule has 0 aliphatic carbocycles. The summed E-state index contributed by atoms with van der Waals surface area (Å²) in [6.07, 6.45) is 1.59. The van der Waals surface area contributed by atoms with Gasteiger partial charge in [-0.1, -0.05) is 55.8 Å². The van der Waals surface area contributed by atoms with Crippen LogP contribution in [0.5, 0.6) is 0 Å². The lowest BCUT2D eigenvalue weighted by Gasteiger charge is -2.14. The second kappa shape index (κ2) is 8.48. The first kappa shape index (κ1) is 20.0. The number of benzene rings is 2. The minimum absolute atomic E-state index is 0.0547. The zero-order chi connectivity index (χ0) is 20.3. The predicted molar refractivity (Wildman–Crippen MR) is 110 cm³/mol. The molecule has 146 valence electrons. The number of fused-ring (bicyclic) bond motifs is 1. The molecule has 0 saturated heterocycles. The highest BCUT2D eigenvalue weighted by Crippen LogP contribution is 2.31. The molecule has 1 amide bonds. The normalized spacial score (nSPS) is 10.9. The first-order valence-corrected chi connectivity index (χ1v) is 9.59. The number of para-hydroxylation sites is 2. The highest BCUT2D eigenvalue weighted by molar-refractivity contribution is 6.35. The lowest BCUT2D eigenvalue weighted by Crippen LogP contribution is -2.22. The molecule has 1 N–H and O–H groups in total. The Morgan fingerprint density at radius 1 is 1.07 bits per heavy atom. The average molecular weight is 400 g/mol. The lowest BCUT2D eigenvalue weighted by molar-refractivity contribution is -0.119. The fraction of sp³-hybridized carbons (Fsp3) is 0.273. The van der Waals surface area contributed by atoms with Crippen LogP contribution in [-0.2, 0) is 22.4 Å². The number of furan rings is 1. The van der Waals surface area contributed by atoms with Crippen LogP contribution in [0.25, 0.3) is 11.0 Å². The third kappa shape index (κ3) is 3.90. The Bertz CT molecular complexity index is 1020. The van der Waals surface area contributed by atoms with Gasteiger partial charge in [-0.2, -0.15) is 0 Å². The smallest absolute Gasteiger partial charge is 0.375 e. The number of carbonyl (C=O) groups is 2. The number of aryl methyl sites for hydroxylation is 3. The molecule has 3 aromatic rings. The summed E-state index contributed by atoms with van der Waals surface area (Å²) in [5, 5.41) is 4.03. The summed E-state index contributed by atoms with van der Waals surface area (Å²) >= 11 is 6.11. The Kier molecular flexibility index (Phi) is 6.05. The monoisotopic (exact) mass is 399 g/mol. The van der Waals surface area contributed by atoms with E-state index in [0.717, 1.165) is 35.0 Å². The lowest BCUT2D eigenvalue weighted by atomic mass is 10.0. The van der Waals surface area contributed by atoms with E-state index in [1.54, 1.807) is 19.1 Å². The molecule has 0 saturated carbocycles. The first-order chi connectivity index (χ1) is 13.5. The minimum atomic E-state index is -0.695. The van der Waals surface area contributed by atoms with Gasteiger partial charge in [-0.05, 0) is 37.0 Å². The van der Waals surface area contributed by atoms with Crippen LogP contribution in [0.1, 0.15) is 41.1 Å². The fourth-order valence-electron chi connectivity index (χ4n) is 3.18. The summed E-state index contributed by atoms with van der Waals surface area (Å²) in [6, 6.07) is 11.2. The largest absolute Gasteiger partial charge is 0.450 e. The van der Waals surface area contributed by atoms with Crippen molar-refractivity contribution in [2.24, 2.45) is 0 Å². The second-order valence-electron chi connectivity index (χ2n) is 6.46. The molecule has 0 spiro atoms. The summed E-state index contributed by atoms with van der Waals surface area (Å²) in [5.74, 6) is -1.03. The van der Waals surface area contributed by atoms with E-state index >= 15 is 0 Å². The quantitative estimate of drug-likeness (QED) is 0.570. The molecule has 0 aliphatic heterocycles. The van der Waals surface area contributed by atoms with E-state index in [4.69, 9.17) is 20.8 Å². The van der Waals surface area contributed by atoms with Gasteiger partial charge in [0.25, 0.3) is 5.91 Å². The van der Waals surface area contributed by atoms with Crippen molar-refractivity contribution in [3.8, 4) is 0 Å². The Hall–Kier alpha value is -2.79. The molecule has 0 radical (unpaired) electrons. The van der Waals surface area contributed by atoms with E-state index in [0.29, 0.717) is 16.2 Å². The van der Waals surface area contributed by atoms with Crippen LogP contribution in [0, 0.1) is 6.92 Å². The van der Waals surface area contributed by atoms with E-state index in [-0.39, 0.29) is 5.76 Å². The van der Waals surface area contributed by atoms with Gasteiger partial charge in [0.05, 0.1) is 5.02 Å². The number of halogens is 1. The third-order valence-corrected chi connectivity index (χ3v) is 5.00. The Morgan fingerprint density at radius 3 is 2.32 bits per heavy atom. The summed E-state index contributed by atoms with van der Waals surface area (Å²) in [7, 11) is 0. The van der Waals surface area contributed by atoms with Gasteiger partial charge < -0.3 is 14.5 Å². The van der Waals surface area contributed by atoms with Gasteiger partial charge in [0, 0.05) is 16.6 Å². The van der Waals surface area contributed by atoms with Gasteiger partial charge in [0.2, 0.25) is 5.76 Å². The van der Waals surface area contributed by atoms with Crippen LogP contribution < -0.4 is 5.32 Å². The van der Waals surface area contributed by atoms with E-state index < -0.39 is 18.5 Å². The van der Waals surface area contributed by atoms with Gasteiger partial charge in [-0.25, -0.2) is 4.79 Å². The van der Waals surface area contributed by atoms with Crippen LogP contribution in [0.2, 0.25) is 5.02 Å². The van der Waals surface area contributed by atoms with Crippen molar-refractivity contribution in [2.75, 3.05) is 11.9 Å². The predicted octanol–water partition coefficient (Wildman–Crippen LogP) is 5.31. The van der Waals surface area contributed by atoms with Crippen LogP contribution in [0.15, 0.2) is 40.8 Å². The van der Waals surface area contributed by atoms with Gasteiger partial charge in [0.1, 0.15) is 0 Å². The SMILES string of the molecule is CCc1cccc(CC)c1NC(=O)COC(=O)c1oc2c(Cl)cccc2c1C. The maximum Gasteiger partial charge on any atom is 0.375 e. The van der Waals surface area contributed by atoms with Crippen LogP contribution >= 0.6 is 11.6 Å². The molecular weight excluding hydrogens is 378 g/mol. The molecule has 0 bridgehead atoms. The van der Waals surface area contributed by atoms with Crippen molar-refractivity contribution >= 4 is 40.1 Å². The molecule has 2 aromatic carbocycles. The first-order valence-electron chi connectivity index (χ1n) is 9.21. The number of rotatable bonds is 6. The summed E-state index contributed by atoms with van der Waals surface area (Å²) in [4.78, 5) is 24.8. The molecule has 0 aliphatic rings. The number of carbonyl (C=O) groups excluding carboxylic acids is 2. The summed E-state index contributed by atoms with van der Waals surface area (Å²) in [6.45, 7) is 5.41. The van der Waals surface area contributed by atoms with Crippen molar-refractivity contribution < 1.29 is 18.7 Å². The van der Waals surface area contributed by atoms with Gasteiger partial charge in [-0.3, -0.25) is 4.79 Å². The highest BCUT2D eigenvalue weighted by Gasteiger charge is 2.21. The second-order valence-corrected chi connectivity index (χ2v) is 6.86.